The van der Waals surface area contributed by atoms with Crippen LogP contribution in [-0.2, 0) is 4.74 Å². The number of amides is 1. The lowest BCUT2D eigenvalue weighted by atomic mass is 9.98. The number of nitrogens with zero attached hydrogens (tertiary/aromatic N) is 1. The number of furan rings is 1. The molecule has 3 heterocycles. The molecule has 0 unspecified atom stereocenters. The van der Waals surface area contributed by atoms with Gasteiger partial charge in [-0.15, -0.1) is 0 Å². The number of benzene rings is 1. The molecule has 4 rings (SSSR count). The van der Waals surface area contributed by atoms with Crippen molar-refractivity contribution in [3.8, 4) is 11.5 Å². The molecule has 2 N–H and O–H groups in total. The maximum Gasteiger partial charge on any atom is 0.337 e. The number of rotatable bonds is 3. The average Bonchev–Trinajstić information content (AvgIpc) is 3.32. The monoisotopic (exact) mass is 323 g/mol. The van der Waals surface area contributed by atoms with Crippen LogP contribution in [0.15, 0.2) is 47.1 Å². The average molecular weight is 323 g/mol. The van der Waals surface area contributed by atoms with Gasteiger partial charge in [0.1, 0.15) is 5.69 Å². The first kappa shape index (κ1) is 14.3. The van der Waals surface area contributed by atoms with Gasteiger partial charge in [0, 0.05) is 5.56 Å². The topological polar surface area (TPSA) is 97.2 Å². The first-order valence-corrected chi connectivity index (χ1v) is 7.30. The van der Waals surface area contributed by atoms with E-state index in [-0.39, 0.29) is 11.9 Å². The van der Waals surface area contributed by atoms with Crippen LogP contribution in [0.4, 0.5) is 0 Å². The third-order valence-corrected chi connectivity index (χ3v) is 4.02. The van der Waals surface area contributed by atoms with Gasteiger partial charge in [-0.2, -0.15) is 5.10 Å². The largest absolute Gasteiger partial charge is 0.465 e. The highest BCUT2D eigenvalue weighted by Gasteiger charge is 2.36. The SMILES string of the molecule is COC(=O)c1ccc([C@@H]2NC(=O)c3n[nH]c(-c4ccco4)c32)cc1. The predicted octanol–water partition coefficient (Wildman–Crippen LogP) is 2.29. The number of aromatic nitrogens is 2. The zero-order valence-electron chi connectivity index (χ0n) is 12.7. The minimum Gasteiger partial charge on any atom is -0.465 e. The van der Waals surface area contributed by atoms with Gasteiger partial charge < -0.3 is 14.5 Å². The quantitative estimate of drug-likeness (QED) is 0.721. The molecule has 0 aliphatic carbocycles. The molecule has 120 valence electrons. The van der Waals surface area contributed by atoms with Gasteiger partial charge in [0.15, 0.2) is 11.5 Å². The standard InChI is InChI=1S/C17H13N3O4/c1-23-17(22)10-6-4-9(5-7-10)13-12-14(11-3-2-8-24-11)19-20-15(12)16(21)18-13/h2-8,13H,1H3,(H,18,21)(H,19,20)/t13-/m0/s1. The van der Waals surface area contributed by atoms with Gasteiger partial charge in [0.2, 0.25) is 0 Å². The van der Waals surface area contributed by atoms with Crippen molar-refractivity contribution in [3.05, 3.63) is 65.0 Å². The van der Waals surface area contributed by atoms with Crippen molar-refractivity contribution >= 4 is 11.9 Å². The molecule has 1 amide bonds. The van der Waals surface area contributed by atoms with Crippen LogP contribution < -0.4 is 5.32 Å². The summed E-state index contributed by atoms with van der Waals surface area (Å²) in [5.41, 5.74) is 3.04. The molecule has 7 nitrogen and oxygen atoms in total. The Morgan fingerprint density at radius 2 is 2.04 bits per heavy atom. The Hall–Kier alpha value is -3.35. The maximum absolute atomic E-state index is 12.2. The smallest absolute Gasteiger partial charge is 0.337 e. The summed E-state index contributed by atoms with van der Waals surface area (Å²) in [6.07, 6.45) is 1.56. The molecule has 24 heavy (non-hydrogen) atoms. The number of ether oxygens (including phenoxy) is 1. The van der Waals surface area contributed by atoms with Crippen molar-refractivity contribution in [2.24, 2.45) is 0 Å². The Morgan fingerprint density at radius 1 is 1.25 bits per heavy atom. The van der Waals surface area contributed by atoms with Crippen LogP contribution in [-0.4, -0.2) is 29.2 Å². The van der Waals surface area contributed by atoms with Crippen LogP contribution in [0.3, 0.4) is 0 Å². The minimum atomic E-state index is -0.405. The van der Waals surface area contributed by atoms with E-state index in [9.17, 15) is 9.59 Å². The Kier molecular flexibility index (Phi) is 3.19. The lowest BCUT2D eigenvalue weighted by Crippen LogP contribution is -2.21. The summed E-state index contributed by atoms with van der Waals surface area (Å²) in [6, 6.07) is 10.1. The van der Waals surface area contributed by atoms with Crippen LogP contribution in [0.2, 0.25) is 0 Å². The number of nitrogens with one attached hydrogen (secondary N) is 2. The van der Waals surface area contributed by atoms with Crippen molar-refractivity contribution in [2.75, 3.05) is 7.11 Å². The van der Waals surface area contributed by atoms with Crippen molar-refractivity contribution in [3.63, 3.8) is 0 Å². The third-order valence-electron chi connectivity index (χ3n) is 4.02. The zero-order valence-corrected chi connectivity index (χ0v) is 12.7. The summed E-state index contributed by atoms with van der Waals surface area (Å²) < 4.78 is 10.1. The lowest BCUT2D eigenvalue weighted by molar-refractivity contribution is 0.0600. The molecule has 1 aromatic carbocycles. The minimum absolute atomic E-state index is 0.249. The summed E-state index contributed by atoms with van der Waals surface area (Å²) >= 11 is 0. The van der Waals surface area contributed by atoms with Crippen LogP contribution in [0, 0.1) is 0 Å². The summed E-state index contributed by atoms with van der Waals surface area (Å²) in [4.78, 5) is 23.7. The summed E-state index contributed by atoms with van der Waals surface area (Å²) in [7, 11) is 1.33. The van der Waals surface area contributed by atoms with Crippen LogP contribution in [0.25, 0.3) is 11.5 Å². The molecule has 0 bridgehead atoms. The van der Waals surface area contributed by atoms with Gasteiger partial charge in [-0.1, -0.05) is 12.1 Å². The van der Waals surface area contributed by atoms with Crippen molar-refractivity contribution in [1.29, 1.82) is 0 Å². The van der Waals surface area contributed by atoms with Crippen LogP contribution >= 0.6 is 0 Å². The second-order valence-corrected chi connectivity index (χ2v) is 5.36. The zero-order chi connectivity index (χ0) is 16.7. The Labute approximate surface area is 136 Å². The molecule has 7 heteroatoms. The molecule has 0 fully saturated rings. The highest BCUT2D eigenvalue weighted by molar-refractivity contribution is 6.00. The summed E-state index contributed by atoms with van der Waals surface area (Å²) in [5, 5.41) is 9.87. The molecule has 0 radical (unpaired) electrons. The normalized spacial score (nSPS) is 15.9. The Bertz CT molecular complexity index is 910. The number of H-pyrrole nitrogens is 1. The highest BCUT2D eigenvalue weighted by Crippen LogP contribution is 2.37. The second-order valence-electron chi connectivity index (χ2n) is 5.36. The van der Waals surface area contributed by atoms with E-state index in [0.29, 0.717) is 22.7 Å². The van der Waals surface area contributed by atoms with Crippen molar-refractivity contribution < 1.29 is 18.7 Å². The highest BCUT2D eigenvalue weighted by atomic mass is 16.5. The molecule has 1 aliphatic rings. The molecule has 0 spiro atoms. The number of fused-ring (bicyclic) bond motifs is 1. The Morgan fingerprint density at radius 3 is 2.71 bits per heavy atom. The molecule has 2 aromatic heterocycles. The predicted molar refractivity (Wildman–Crippen MR) is 83.4 cm³/mol. The number of hydrogen-bond donors (Lipinski definition) is 2. The fourth-order valence-corrected chi connectivity index (χ4v) is 2.86. The summed E-state index contributed by atoms with van der Waals surface area (Å²) in [6.45, 7) is 0. The molecule has 3 aromatic rings. The number of hydrogen-bond acceptors (Lipinski definition) is 5. The fourth-order valence-electron chi connectivity index (χ4n) is 2.86. The van der Waals surface area contributed by atoms with Crippen LogP contribution in [0.5, 0.6) is 0 Å². The van der Waals surface area contributed by atoms with Crippen LogP contribution in [0.1, 0.15) is 38.0 Å². The first-order chi connectivity index (χ1) is 11.7. The van der Waals surface area contributed by atoms with E-state index >= 15 is 0 Å². The van der Waals surface area contributed by atoms with Gasteiger partial charge in [-0.25, -0.2) is 4.79 Å². The van der Waals surface area contributed by atoms with E-state index in [2.05, 4.69) is 15.5 Å². The summed E-state index contributed by atoms with van der Waals surface area (Å²) in [5.74, 6) is -0.0465. The fraction of sp³-hybridized carbons (Fsp3) is 0.118. The van der Waals surface area contributed by atoms with Gasteiger partial charge >= 0.3 is 5.97 Å². The molecule has 0 saturated heterocycles. The third kappa shape index (κ3) is 2.10. The molecular weight excluding hydrogens is 310 g/mol. The number of methoxy groups -OCH3 is 1. The van der Waals surface area contributed by atoms with E-state index in [1.165, 1.54) is 7.11 Å². The van der Waals surface area contributed by atoms with Gasteiger partial charge in [0.25, 0.3) is 5.91 Å². The van der Waals surface area contributed by atoms with E-state index in [1.54, 1.807) is 42.7 Å². The van der Waals surface area contributed by atoms with E-state index in [0.717, 1.165) is 11.1 Å². The van der Waals surface area contributed by atoms with Gasteiger partial charge in [-0.3, -0.25) is 9.89 Å². The lowest BCUT2D eigenvalue weighted by Gasteiger charge is -2.13. The van der Waals surface area contributed by atoms with Gasteiger partial charge in [0.05, 0.1) is 25.0 Å². The number of aromatic amines is 1. The molecular formula is C17H13N3O4. The van der Waals surface area contributed by atoms with Crippen molar-refractivity contribution in [2.45, 2.75) is 6.04 Å². The van der Waals surface area contributed by atoms with E-state index in [4.69, 9.17) is 9.15 Å². The molecule has 1 atom stereocenters. The number of carbonyl (C=O) groups excluding carboxylic acids is 2. The van der Waals surface area contributed by atoms with E-state index in [1.807, 2.05) is 0 Å². The second kappa shape index (κ2) is 5.38. The molecule has 0 saturated carbocycles. The Balaban J connectivity index is 1.76. The first-order valence-electron chi connectivity index (χ1n) is 7.30. The van der Waals surface area contributed by atoms with Gasteiger partial charge in [-0.05, 0) is 29.8 Å². The van der Waals surface area contributed by atoms with Crippen molar-refractivity contribution in [1.82, 2.24) is 15.5 Å². The molecule has 1 aliphatic heterocycles. The van der Waals surface area contributed by atoms with E-state index < -0.39 is 5.97 Å². The maximum atomic E-state index is 12.2. The number of esters is 1. The number of carbonyl (C=O) groups is 2.